The number of aromatic nitrogens is 2. The molecule has 0 bridgehead atoms. The van der Waals surface area contributed by atoms with Gasteiger partial charge in [0.15, 0.2) is 23.0 Å². The first-order valence-corrected chi connectivity index (χ1v) is 39.5. The van der Waals surface area contributed by atoms with Crippen LogP contribution in [0.2, 0.25) is 0 Å². The van der Waals surface area contributed by atoms with E-state index in [1.807, 2.05) is 57.2 Å². The Bertz CT molecular complexity index is 4330. The van der Waals surface area contributed by atoms with E-state index in [-0.39, 0.29) is 130 Å². The van der Waals surface area contributed by atoms with Crippen molar-refractivity contribution in [2.24, 2.45) is 23.7 Å². The molecule has 2 saturated heterocycles. The number of rotatable bonds is 10. The van der Waals surface area contributed by atoms with Crippen molar-refractivity contribution in [2.75, 3.05) is 39.9 Å². The summed E-state index contributed by atoms with van der Waals surface area (Å²) in [4.78, 5) is 126. The Morgan fingerprint density at radius 3 is 1.52 bits per heavy atom. The van der Waals surface area contributed by atoms with Crippen LogP contribution in [-0.4, -0.2) is 161 Å². The van der Waals surface area contributed by atoms with E-state index in [4.69, 9.17) is 68.9 Å². The third-order valence-corrected chi connectivity index (χ3v) is 23.6. The van der Waals surface area contributed by atoms with Gasteiger partial charge < -0.3 is 69.2 Å². The predicted molar refractivity (Wildman–Crippen MR) is 399 cm³/mol. The Kier molecular flexibility index (Phi) is 22.6. The van der Waals surface area contributed by atoms with Gasteiger partial charge >= 0.3 is 42.7 Å². The Morgan fingerprint density at radius 1 is 0.578 bits per heavy atom. The van der Waals surface area contributed by atoms with Crippen molar-refractivity contribution in [2.45, 2.75) is 266 Å². The minimum absolute atomic E-state index is 0. The largest absolute Gasteiger partial charge is 1.00 e. The van der Waals surface area contributed by atoms with Crippen LogP contribution in [0.15, 0.2) is 48.6 Å². The molecule has 4 aliphatic carbocycles. The van der Waals surface area contributed by atoms with Gasteiger partial charge in [0, 0.05) is 74.3 Å². The molecule has 16 rings (SSSR count). The standard InChI is InChI=1S/C41H50ClN3O9.C41H51N3O9.B.Li.H/c1-5-50-38(49)41-18-25(41)12-10-8-6-7-9-11-24(17-30(46)53-39(2,3)4)37(48)45-21-40(20-28(45)36(47)44-41)19-26(42)31-32-27(15-16-29-34(32)52-22-51-29)43-33(23-13-14-23)35(31)54-40;1-5-49-38(48)41-20-26(41)12-10-8-6-7-9-11-25(19-31(45)52-39(2,3)4)37(47)44-22-40(21-29(44)36(46)43-41)18-17-27-32-28(15-16-30-35(32)51-23-50-30)42-33(24-13-14-24)34(27)53-40;;;/h10,12,15-16,23-26,28H,5-9,11,13-14,17-22H2,1-4H3,(H,44,47);10,12,15-16,24-26,29H,5-9,11,13-14,17-23H2,1-4H3,(H,43,46);;;/q;;;+1;-1/b2*12-10-;;;/t24-,25-,26?,28+,40-,41-;25-,26-,29+,40-,41-;;;/m11.../s1. The van der Waals surface area contributed by atoms with Crippen LogP contribution in [0.4, 0.5) is 0 Å². The van der Waals surface area contributed by atoms with Crippen molar-refractivity contribution in [3.05, 3.63) is 71.1 Å². The van der Waals surface area contributed by atoms with Crippen molar-refractivity contribution < 1.29 is 106 Å². The monoisotopic (exact) mass is 1510 g/mol. The summed E-state index contributed by atoms with van der Waals surface area (Å²) in [5, 5.41) is 7.22. The van der Waals surface area contributed by atoms with Gasteiger partial charge in [-0.3, -0.25) is 28.8 Å². The summed E-state index contributed by atoms with van der Waals surface area (Å²) in [6, 6.07) is 5.73. The van der Waals surface area contributed by atoms with E-state index in [9.17, 15) is 38.4 Å². The number of carbonyl (C=O) groups excluding carboxylic acids is 8. The molecule has 2 aromatic heterocycles. The zero-order valence-corrected chi connectivity index (χ0v) is 65.2. The van der Waals surface area contributed by atoms with Gasteiger partial charge in [0.25, 0.3) is 0 Å². The number of hydrogen-bond donors (Lipinski definition) is 2. The van der Waals surface area contributed by atoms with Crippen LogP contribution in [-0.2, 0) is 63.7 Å². The number of allylic oxidation sites excluding steroid dienone is 2. The molecule has 6 fully saturated rings. The summed E-state index contributed by atoms with van der Waals surface area (Å²) in [6.07, 6.45) is 22.2. The molecule has 11 atom stereocenters. The zero-order valence-electron chi connectivity index (χ0n) is 65.4. The molecule has 27 heteroatoms. The van der Waals surface area contributed by atoms with E-state index in [1.165, 1.54) is 0 Å². The number of fused-ring (bicyclic) bond motifs is 14. The van der Waals surface area contributed by atoms with Crippen LogP contribution in [0.25, 0.3) is 21.8 Å². The van der Waals surface area contributed by atoms with Crippen LogP contribution in [0.5, 0.6) is 34.5 Å². The number of nitrogens with one attached hydrogen (secondary N) is 2. The van der Waals surface area contributed by atoms with Crippen molar-refractivity contribution in [3.63, 3.8) is 0 Å². The van der Waals surface area contributed by atoms with E-state index in [1.54, 1.807) is 44.4 Å². The molecular formula is C82H102BClLiN6O18. The van der Waals surface area contributed by atoms with Gasteiger partial charge in [0.1, 0.15) is 57.1 Å². The van der Waals surface area contributed by atoms with E-state index >= 15 is 0 Å². The van der Waals surface area contributed by atoms with E-state index in [2.05, 4.69) is 22.8 Å². The minimum atomic E-state index is -1.22. The van der Waals surface area contributed by atoms with E-state index in [0.29, 0.717) is 79.4 Å². The van der Waals surface area contributed by atoms with Gasteiger partial charge in [-0.25, -0.2) is 19.6 Å². The number of nitrogens with zero attached hydrogens (tertiary/aromatic N) is 4. The maximum Gasteiger partial charge on any atom is 1.00 e. The first kappa shape index (κ1) is 79.3. The first-order chi connectivity index (χ1) is 51.2. The fourth-order valence-corrected chi connectivity index (χ4v) is 18.1. The molecule has 3 radical (unpaired) electrons. The normalized spacial score (nSPS) is 30.2. The minimum Gasteiger partial charge on any atom is -1.00 e. The van der Waals surface area contributed by atoms with E-state index in [0.717, 1.165) is 121 Å². The summed E-state index contributed by atoms with van der Waals surface area (Å²) in [6.45, 7) is 15.2. The number of ether oxygens (including phenoxy) is 10. The average Bonchev–Trinajstić information content (AvgIpc) is 1.32. The Morgan fingerprint density at radius 2 is 1.04 bits per heavy atom. The SMILES string of the molecule is CCOC(=O)[C@@]12C[C@H]1/C=C\CCCCC[C@H](CC(=O)OC(C)(C)C)C(=O)N1C[C@@]3(CC(Cl)c4c(c(C5CC5)nc5ccc6c(c45)OCO6)O3)C[C@H]1C(=O)N2.CCOC(=O)[C@@]12C[C@H]1/C=C\CCCCC[C@H](CC(=O)OC(C)(C)C)C(=O)N1C[C@@]3(CCc4c(c(C5CC5)nc5ccc6c(c45)OCO6)O3)C[C@H]1C(=O)N2.[B].[H-].[Li+]. The number of benzene rings is 2. The zero-order chi connectivity index (χ0) is 75.1. The molecule has 4 amide bonds. The average molecular weight is 1510 g/mol. The van der Waals surface area contributed by atoms with Gasteiger partial charge in [-0.05, 0) is 170 Å². The molecule has 2 aromatic carbocycles. The Hall–Kier alpha value is -7.75. The van der Waals surface area contributed by atoms with Crippen molar-refractivity contribution in [1.82, 2.24) is 30.4 Å². The van der Waals surface area contributed by atoms with Crippen LogP contribution in [0.3, 0.4) is 0 Å². The molecule has 109 heavy (non-hydrogen) atoms. The van der Waals surface area contributed by atoms with Crippen LogP contribution in [0, 0.1) is 23.7 Å². The molecule has 10 heterocycles. The fourth-order valence-electron chi connectivity index (χ4n) is 17.6. The number of hydrogen-bond acceptors (Lipinski definition) is 20. The second kappa shape index (κ2) is 31.1. The predicted octanol–water partition coefficient (Wildman–Crippen LogP) is 9.10. The smallest absolute Gasteiger partial charge is 1.00 e. The molecule has 4 aromatic rings. The third kappa shape index (κ3) is 16.1. The molecule has 2 N–H and O–H groups in total. The van der Waals surface area contributed by atoms with Crippen LogP contribution >= 0.6 is 11.6 Å². The Labute approximate surface area is 657 Å². The molecule has 4 saturated carbocycles. The van der Waals surface area contributed by atoms with Crippen LogP contribution < -0.4 is 57.9 Å². The topological polar surface area (TPSA) is 285 Å². The first-order valence-electron chi connectivity index (χ1n) is 39.1. The number of esters is 4. The molecular weight excluding hydrogens is 1410 g/mol. The number of alkyl halides is 1. The summed E-state index contributed by atoms with van der Waals surface area (Å²) < 4.78 is 59.9. The molecule has 579 valence electrons. The van der Waals surface area contributed by atoms with Gasteiger partial charge in [0.2, 0.25) is 37.2 Å². The summed E-state index contributed by atoms with van der Waals surface area (Å²) in [7, 11) is 0. The molecule has 12 aliphatic rings. The second-order valence-corrected chi connectivity index (χ2v) is 34.2. The van der Waals surface area contributed by atoms with Crippen molar-refractivity contribution in [3.8, 4) is 34.5 Å². The van der Waals surface area contributed by atoms with Crippen molar-refractivity contribution >= 4 is 89.3 Å². The molecule has 8 aliphatic heterocycles. The van der Waals surface area contributed by atoms with Crippen LogP contribution in [0.1, 0.15) is 238 Å². The maximum atomic E-state index is 14.9. The number of pyridine rings is 2. The number of halogens is 1. The van der Waals surface area contributed by atoms with Crippen molar-refractivity contribution in [1.29, 1.82) is 0 Å². The Balaban J connectivity index is 0.000000199. The maximum absolute atomic E-state index is 14.9. The number of amides is 4. The summed E-state index contributed by atoms with van der Waals surface area (Å²) in [5.74, 6) is -0.804. The quantitative estimate of drug-likeness (QED) is 0.0492. The van der Waals surface area contributed by atoms with E-state index < -0.39 is 98.5 Å². The number of aryl methyl sites for hydroxylation is 1. The summed E-state index contributed by atoms with van der Waals surface area (Å²) >= 11 is 7.43. The summed E-state index contributed by atoms with van der Waals surface area (Å²) in [5.41, 5.74) is -0.650. The molecule has 2 spiro atoms. The van der Waals surface area contributed by atoms with Gasteiger partial charge in [-0.2, -0.15) is 0 Å². The second-order valence-electron chi connectivity index (χ2n) is 33.7. The fraction of sp³-hybridized carbons (Fsp3) is 0.634. The van der Waals surface area contributed by atoms with Gasteiger partial charge in [-0.15, -0.1) is 11.6 Å². The number of carbonyl (C=O) groups is 8. The molecule has 1 unspecified atom stereocenters. The van der Waals surface area contributed by atoms with Gasteiger partial charge in [0.05, 0.1) is 77.7 Å². The third-order valence-electron chi connectivity index (χ3n) is 23.3. The van der Waals surface area contributed by atoms with Gasteiger partial charge in [-0.1, -0.05) is 50.0 Å². The molecule has 24 nitrogen and oxygen atoms in total.